The lowest BCUT2D eigenvalue weighted by molar-refractivity contribution is 0.493. The van der Waals surface area contributed by atoms with E-state index in [1.807, 2.05) is 26.4 Å². The first kappa shape index (κ1) is 12.8. The predicted molar refractivity (Wildman–Crippen MR) is 74.7 cm³/mol. The van der Waals surface area contributed by atoms with Crippen molar-refractivity contribution in [2.24, 2.45) is 0 Å². The number of rotatable bonds is 4. The highest BCUT2D eigenvalue weighted by Gasteiger charge is 2.11. The number of imidazole rings is 1. The maximum absolute atomic E-state index is 4.27. The molecule has 0 amide bonds. The summed E-state index contributed by atoms with van der Waals surface area (Å²) in [5.41, 5.74) is 3.96. The summed E-state index contributed by atoms with van der Waals surface area (Å²) in [6, 6.07) is 7.02. The summed E-state index contributed by atoms with van der Waals surface area (Å²) in [4.78, 5) is 4.27. The van der Waals surface area contributed by atoms with Gasteiger partial charge in [-0.05, 0) is 33.4 Å². The van der Waals surface area contributed by atoms with E-state index in [4.69, 9.17) is 0 Å². The molecule has 0 saturated carbocycles. The Balaban J connectivity index is 2.25. The molecule has 2 rings (SSSR count). The molecule has 3 heteroatoms. The summed E-state index contributed by atoms with van der Waals surface area (Å²) in [5, 5.41) is 3.39. The van der Waals surface area contributed by atoms with Crippen LogP contribution >= 0.6 is 0 Å². The molecular weight excluding hydrogens is 222 g/mol. The van der Waals surface area contributed by atoms with Crippen LogP contribution in [0.1, 0.15) is 28.6 Å². The summed E-state index contributed by atoms with van der Waals surface area (Å²) in [6.45, 7) is 7.23. The zero-order chi connectivity index (χ0) is 13.1. The molecule has 0 radical (unpaired) electrons. The fourth-order valence-corrected chi connectivity index (χ4v) is 2.37. The Morgan fingerprint density at radius 3 is 2.33 bits per heavy atom. The molecule has 0 fully saturated rings. The summed E-state index contributed by atoms with van der Waals surface area (Å²) in [5.74, 6) is 1.06. The molecule has 0 saturated heterocycles. The molecule has 0 aliphatic carbocycles. The zero-order valence-corrected chi connectivity index (χ0v) is 11.6. The van der Waals surface area contributed by atoms with Crippen LogP contribution < -0.4 is 5.32 Å². The third-order valence-electron chi connectivity index (χ3n) is 3.30. The molecule has 1 aromatic carbocycles. The third-order valence-corrected chi connectivity index (χ3v) is 3.30. The maximum Gasteiger partial charge on any atom is 0.105 e. The molecule has 3 nitrogen and oxygen atoms in total. The number of nitrogens with zero attached hydrogens (tertiary/aromatic N) is 2. The molecule has 0 aliphatic heterocycles. The topological polar surface area (TPSA) is 29.9 Å². The number of benzene rings is 1. The summed E-state index contributed by atoms with van der Waals surface area (Å²) < 4.78 is 2.18. The molecular formula is C15H21N3. The van der Waals surface area contributed by atoms with E-state index >= 15 is 0 Å². The van der Waals surface area contributed by atoms with E-state index in [-0.39, 0.29) is 0 Å². The fourth-order valence-electron chi connectivity index (χ4n) is 2.37. The molecule has 1 aromatic heterocycles. The van der Waals surface area contributed by atoms with E-state index in [0.717, 1.165) is 12.4 Å². The van der Waals surface area contributed by atoms with Gasteiger partial charge in [0.2, 0.25) is 0 Å². The van der Waals surface area contributed by atoms with Gasteiger partial charge in [-0.1, -0.05) is 29.3 Å². The van der Waals surface area contributed by atoms with E-state index < -0.39 is 0 Å². The molecule has 1 N–H and O–H groups in total. The minimum absolute atomic E-state index is 0.316. The lowest BCUT2D eigenvalue weighted by Gasteiger charge is -2.19. The SMILES string of the molecule is CNC(Cn1ccnc1C)c1cc(C)cc(C)c1. The molecule has 18 heavy (non-hydrogen) atoms. The van der Waals surface area contributed by atoms with Crippen LogP contribution in [0.3, 0.4) is 0 Å². The normalized spacial score (nSPS) is 12.7. The van der Waals surface area contributed by atoms with E-state index in [9.17, 15) is 0 Å². The monoisotopic (exact) mass is 243 g/mol. The summed E-state index contributed by atoms with van der Waals surface area (Å²) in [7, 11) is 2.01. The molecule has 0 aliphatic rings. The van der Waals surface area contributed by atoms with Gasteiger partial charge < -0.3 is 9.88 Å². The summed E-state index contributed by atoms with van der Waals surface area (Å²) in [6.07, 6.45) is 3.88. The quantitative estimate of drug-likeness (QED) is 0.895. The average molecular weight is 243 g/mol. The molecule has 0 spiro atoms. The number of hydrogen-bond donors (Lipinski definition) is 1. The lowest BCUT2D eigenvalue weighted by atomic mass is 10.0. The van der Waals surface area contributed by atoms with Crippen molar-refractivity contribution in [3.05, 3.63) is 53.1 Å². The van der Waals surface area contributed by atoms with Gasteiger partial charge in [0.1, 0.15) is 5.82 Å². The van der Waals surface area contributed by atoms with Crippen LogP contribution in [-0.2, 0) is 6.54 Å². The predicted octanol–water partition coefficient (Wildman–Crippen LogP) is 2.77. The van der Waals surface area contributed by atoms with E-state index in [1.165, 1.54) is 16.7 Å². The number of hydrogen-bond acceptors (Lipinski definition) is 2. The standard InChI is InChI=1S/C15H21N3/c1-11-7-12(2)9-14(8-11)15(16-4)10-18-6-5-17-13(18)3/h5-9,15-16H,10H2,1-4H3. The van der Waals surface area contributed by atoms with E-state index in [2.05, 4.69) is 46.9 Å². The molecule has 1 unspecified atom stereocenters. The van der Waals surface area contributed by atoms with Gasteiger partial charge in [-0.25, -0.2) is 4.98 Å². The van der Waals surface area contributed by atoms with Crippen molar-refractivity contribution >= 4 is 0 Å². The first-order valence-corrected chi connectivity index (χ1v) is 6.33. The minimum atomic E-state index is 0.316. The molecule has 96 valence electrons. The second-order valence-electron chi connectivity index (χ2n) is 4.89. The second-order valence-corrected chi connectivity index (χ2v) is 4.89. The Kier molecular flexibility index (Phi) is 3.82. The van der Waals surface area contributed by atoms with Gasteiger partial charge >= 0.3 is 0 Å². The average Bonchev–Trinajstić information content (AvgIpc) is 2.70. The van der Waals surface area contributed by atoms with Crippen molar-refractivity contribution in [1.29, 1.82) is 0 Å². The number of likely N-dealkylation sites (N-methyl/N-ethyl adjacent to an activating group) is 1. The van der Waals surface area contributed by atoms with Gasteiger partial charge in [0.25, 0.3) is 0 Å². The first-order valence-electron chi connectivity index (χ1n) is 6.33. The highest BCUT2D eigenvalue weighted by Crippen LogP contribution is 2.19. The van der Waals surface area contributed by atoms with Crippen LogP contribution in [0.15, 0.2) is 30.6 Å². The van der Waals surface area contributed by atoms with Crippen molar-refractivity contribution in [2.45, 2.75) is 33.4 Å². The van der Waals surface area contributed by atoms with Crippen LogP contribution in [-0.4, -0.2) is 16.6 Å². The second kappa shape index (κ2) is 5.36. The molecule has 1 heterocycles. The summed E-state index contributed by atoms with van der Waals surface area (Å²) >= 11 is 0. The number of nitrogens with one attached hydrogen (secondary N) is 1. The van der Waals surface area contributed by atoms with Gasteiger partial charge in [0.15, 0.2) is 0 Å². The largest absolute Gasteiger partial charge is 0.333 e. The number of aryl methyl sites for hydroxylation is 3. The zero-order valence-electron chi connectivity index (χ0n) is 11.6. The van der Waals surface area contributed by atoms with Crippen molar-refractivity contribution in [1.82, 2.24) is 14.9 Å². The Morgan fingerprint density at radius 1 is 1.17 bits per heavy atom. The van der Waals surface area contributed by atoms with Gasteiger partial charge in [0, 0.05) is 18.9 Å². The Hall–Kier alpha value is -1.61. The van der Waals surface area contributed by atoms with E-state index in [0.29, 0.717) is 6.04 Å². The highest BCUT2D eigenvalue weighted by molar-refractivity contribution is 5.30. The molecule has 1 atom stereocenters. The van der Waals surface area contributed by atoms with Crippen LogP contribution in [0.25, 0.3) is 0 Å². The first-order chi connectivity index (χ1) is 8.60. The van der Waals surface area contributed by atoms with Gasteiger partial charge in [0.05, 0.1) is 6.04 Å². The number of aromatic nitrogens is 2. The lowest BCUT2D eigenvalue weighted by Crippen LogP contribution is -2.22. The van der Waals surface area contributed by atoms with Crippen molar-refractivity contribution in [3.63, 3.8) is 0 Å². The fraction of sp³-hybridized carbons (Fsp3) is 0.400. The van der Waals surface area contributed by atoms with Crippen molar-refractivity contribution in [2.75, 3.05) is 7.05 Å². The highest BCUT2D eigenvalue weighted by atomic mass is 15.1. The van der Waals surface area contributed by atoms with Crippen LogP contribution in [0.5, 0.6) is 0 Å². The van der Waals surface area contributed by atoms with Gasteiger partial charge in [-0.3, -0.25) is 0 Å². The van der Waals surface area contributed by atoms with Crippen LogP contribution in [0.4, 0.5) is 0 Å². The van der Waals surface area contributed by atoms with Crippen molar-refractivity contribution < 1.29 is 0 Å². The van der Waals surface area contributed by atoms with Gasteiger partial charge in [-0.15, -0.1) is 0 Å². The van der Waals surface area contributed by atoms with Gasteiger partial charge in [-0.2, -0.15) is 0 Å². The third kappa shape index (κ3) is 2.79. The van der Waals surface area contributed by atoms with E-state index in [1.54, 1.807) is 0 Å². The maximum atomic E-state index is 4.27. The van der Waals surface area contributed by atoms with Crippen molar-refractivity contribution in [3.8, 4) is 0 Å². The van der Waals surface area contributed by atoms with Crippen LogP contribution in [0, 0.1) is 20.8 Å². The Labute approximate surface area is 109 Å². The van der Waals surface area contributed by atoms with Crippen LogP contribution in [0.2, 0.25) is 0 Å². The smallest absolute Gasteiger partial charge is 0.105 e. The Morgan fingerprint density at radius 2 is 1.83 bits per heavy atom. The molecule has 0 bridgehead atoms. The molecule has 2 aromatic rings. The Bertz CT molecular complexity index is 508. The minimum Gasteiger partial charge on any atom is -0.333 e.